The van der Waals surface area contributed by atoms with Gasteiger partial charge in [-0.1, -0.05) is 77.6 Å². The van der Waals surface area contributed by atoms with E-state index in [1.807, 2.05) is 24.3 Å². The highest BCUT2D eigenvalue weighted by molar-refractivity contribution is 6.36. The van der Waals surface area contributed by atoms with Crippen LogP contribution in [0, 0.1) is 0 Å². The van der Waals surface area contributed by atoms with Crippen LogP contribution in [0.5, 0.6) is 5.75 Å². The fourth-order valence-corrected chi connectivity index (χ4v) is 3.94. The standard InChI is InChI=1S/C22H19Cl4NO/c1-2-14-5-3-4-6-21(14)27-12-16-9-18(24)11-20(26)22(16)28-13-15-7-8-17(23)10-19(15)25/h3-11,27H,2,12-13H2,1H3. The van der Waals surface area contributed by atoms with Crippen LogP contribution in [-0.4, -0.2) is 0 Å². The summed E-state index contributed by atoms with van der Waals surface area (Å²) in [5.41, 5.74) is 4.01. The molecule has 6 heteroatoms. The van der Waals surface area contributed by atoms with Crippen molar-refractivity contribution in [3.05, 3.63) is 91.4 Å². The minimum absolute atomic E-state index is 0.274. The first-order chi connectivity index (χ1) is 13.5. The molecule has 0 spiro atoms. The number of benzene rings is 3. The van der Waals surface area contributed by atoms with Gasteiger partial charge in [-0.3, -0.25) is 0 Å². The Bertz CT molecular complexity index is 975. The van der Waals surface area contributed by atoms with Crippen LogP contribution >= 0.6 is 46.4 Å². The van der Waals surface area contributed by atoms with Gasteiger partial charge < -0.3 is 10.1 Å². The fraction of sp³-hybridized carbons (Fsp3) is 0.182. The lowest BCUT2D eigenvalue weighted by molar-refractivity contribution is 0.303. The molecule has 3 aromatic carbocycles. The van der Waals surface area contributed by atoms with Gasteiger partial charge in [-0.25, -0.2) is 0 Å². The molecule has 146 valence electrons. The average molecular weight is 455 g/mol. The molecule has 0 bridgehead atoms. The molecule has 3 aromatic rings. The lowest BCUT2D eigenvalue weighted by Crippen LogP contribution is -2.06. The Labute approximate surface area is 185 Å². The summed E-state index contributed by atoms with van der Waals surface area (Å²) in [6, 6.07) is 17.0. The van der Waals surface area contributed by atoms with Gasteiger partial charge in [0.05, 0.1) is 5.02 Å². The summed E-state index contributed by atoms with van der Waals surface area (Å²) < 4.78 is 6.02. The topological polar surface area (TPSA) is 21.3 Å². The SMILES string of the molecule is CCc1ccccc1NCc1cc(Cl)cc(Cl)c1OCc1ccc(Cl)cc1Cl. The summed E-state index contributed by atoms with van der Waals surface area (Å²) in [7, 11) is 0. The van der Waals surface area contributed by atoms with Gasteiger partial charge in [0, 0.05) is 38.4 Å². The average Bonchev–Trinajstić information content (AvgIpc) is 2.67. The normalized spacial score (nSPS) is 10.8. The van der Waals surface area contributed by atoms with E-state index < -0.39 is 0 Å². The quantitative estimate of drug-likeness (QED) is 0.389. The van der Waals surface area contributed by atoms with Gasteiger partial charge in [-0.2, -0.15) is 0 Å². The maximum atomic E-state index is 6.41. The molecular weight excluding hydrogens is 436 g/mol. The summed E-state index contributed by atoms with van der Waals surface area (Å²) in [5.74, 6) is 0.582. The zero-order valence-electron chi connectivity index (χ0n) is 15.2. The molecule has 28 heavy (non-hydrogen) atoms. The third-order valence-electron chi connectivity index (χ3n) is 4.34. The second-order valence-corrected chi connectivity index (χ2v) is 7.95. The second-order valence-electron chi connectivity index (χ2n) is 6.26. The summed E-state index contributed by atoms with van der Waals surface area (Å²) in [6.07, 6.45) is 0.942. The minimum atomic E-state index is 0.274. The van der Waals surface area contributed by atoms with Crippen molar-refractivity contribution in [2.75, 3.05) is 5.32 Å². The number of hydrogen-bond donors (Lipinski definition) is 1. The molecule has 0 radical (unpaired) electrons. The maximum absolute atomic E-state index is 6.41. The molecule has 3 rings (SSSR count). The molecule has 0 atom stereocenters. The Morgan fingerprint density at radius 3 is 2.29 bits per heavy atom. The Morgan fingerprint density at radius 1 is 0.786 bits per heavy atom. The first-order valence-electron chi connectivity index (χ1n) is 8.84. The molecule has 0 aliphatic carbocycles. The van der Waals surface area contributed by atoms with E-state index in [1.165, 1.54) is 5.56 Å². The van der Waals surface area contributed by atoms with Crippen molar-refractivity contribution in [3.63, 3.8) is 0 Å². The lowest BCUT2D eigenvalue weighted by atomic mass is 10.1. The van der Waals surface area contributed by atoms with Crippen LogP contribution in [0.25, 0.3) is 0 Å². The fourth-order valence-electron chi connectivity index (χ4n) is 2.89. The highest BCUT2D eigenvalue weighted by atomic mass is 35.5. The number of rotatable bonds is 7. The van der Waals surface area contributed by atoms with E-state index in [0.717, 1.165) is 23.2 Å². The number of anilines is 1. The largest absolute Gasteiger partial charge is 0.487 e. The van der Waals surface area contributed by atoms with Gasteiger partial charge in [-0.05, 0) is 42.3 Å². The maximum Gasteiger partial charge on any atom is 0.143 e. The van der Waals surface area contributed by atoms with E-state index in [1.54, 1.807) is 18.2 Å². The highest BCUT2D eigenvalue weighted by Gasteiger charge is 2.13. The van der Waals surface area contributed by atoms with Crippen LogP contribution in [0.4, 0.5) is 5.69 Å². The van der Waals surface area contributed by atoms with Crippen LogP contribution in [0.2, 0.25) is 20.1 Å². The predicted molar refractivity (Wildman–Crippen MR) is 120 cm³/mol. The van der Waals surface area contributed by atoms with E-state index in [2.05, 4.69) is 24.4 Å². The third-order valence-corrected chi connectivity index (χ3v) is 5.43. The summed E-state index contributed by atoms with van der Waals surface area (Å²) in [5, 5.41) is 5.60. The van der Waals surface area contributed by atoms with Crippen molar-refractivity contribution in [1.82, 2.24) is 0 Å². The van der Waals surface area contributed by atoms with Crippen LogP contribution in [0.15, 0.2) is 54.6 Å². The van der Waals surface area contributed by atoms with Gasteiger partial charge in [0.25, 0.3) is 0 Å². The zero-order chi connectivity index (χ0) is 20.1. The molecule has 0 saturated heterocycles. The van der Waals surface area contributed by atoms with Crippen LogP contribution in [-0.2, 0) is 19.6 Å². The van der Waals surface area contributed by atoms with E-state index in [4.69, 9.17) is 51.1 Å². The first-order valence-corrected chi connectivity index (χ1v) is 10.4. The van der Waals surface area contributed by atoms with Crippen LogP contribution in [0.3, 0.4) is 0 Å². The van der Waals surface area contributed by atoms with E-state index in [-0.39, 0.29) is 6.61 Å². The number of nitrogens with one attached hydrogen (secondary N) is 1. The van der Waals surface area contributed by atoms with Gasteiger partial charge >= 0.3 is 0 Å². The monoisotopic (exact) mass is 453 g/mol. The van der Waals surface area contributed by atoms with Crippen LogP contribution in [0.1, 0.15) is 23.6 Å². The summed E-state index contributed by atoms with van der Waals surface area (Å²) in [4.78, 5) is 0. The molecule has 1 N–H and O–H groups in total. The highest BCUT2D eigenvalue weighted by Crippen LogP contribution is 2.34. The summed E-state index contributed by atoms with van der Waals surface area (Å²) in [6.45, 7) is 2.93. The zero-order valence-corrected chi connectivity index (χ0v) is 18.3. The summed E-state index contributed by atoms with van der Waals surface area (Å²) >= 11 is 24.8. The van der Waals surface area contributed by atoms with Crippen molar-refractivity contribution in [3.8, 4) is 5.75 Å². The molecule has 0 aliphatic heterocycles. The molecule has 0 heterocycles. The molecule has 0 aromatic heterocycles. The van der Waals surface area contributed by atoms with Crippen molar-refractivity contribution >= 4 is 52.1 Å². The van der Waals surface area contributed by atoms with Gasteiger partial charge in [0.15, 0.2) is 0 Å². The smallest absolute Gasteiger partial charge is 0.143 e. The second kappa shape index (κ2) is 9.76. The molecule has 0 saturated carbocycles. The first kappa shape index (κ1) is 21.1. The molecule has 0 fully saturated rings. The lowest BCUT2D eigenvalue weighted by Gasteiger charge is -2.17. The Balaban J connectivity index is 1.81. The van der Waals surface area contributed by atoms with E-state index in [9.17, 15) is 0 Å². The van der Waals surface area contributed by atoms with Crippen molar-refractivity contribution in [2.24, 2.45) is 0 Å². The number of aryl methyl sites for hydroxylation is 1. The van der Waals surface area contributed by atoms with Crippen LogP contribution < -0.4 is 10.1 Å². The minimum Gasteiger partial charge on any atom is -0.487 e. The van der Waals surface area contributed by atoms with Gasteiger partial charge in [-0.15, -0.1) is 0 Å². The Kier molecular flexibility index (Phi) is 7.36. The molecular formula is C22H19Cl4NO. The molecule has 2 nitrogen and oxygen atoms in total. The number of halogens is 4. The Hall–Kier alpha value is -1.58. The van der Waals surface area contributed by atoms with Crippen molar-refractivity contribution < 1.29 is 4.74 Å². The van der Waals surface area contributed by atoms with Crippen molar-refractivity contribution in [1.29, 1.82) is 0 Å². The number of hydrogen-bond acceptors (Lipinski definition) is 2. The van der Waals surface area contributed by atoms with Crippen molar-refractivity contribution in [2.45, 2.75) is 26.5 Å². The van der Waals surface area contributed by atoms with Gasteiger partial charge in [0.2, 0.25) is 0 Å². The number of ether oxygens (including phenoxy) is 1. The van der Waals surface area contributed by atoms with E-state index in [0.29, 0.717) is 32.4 Å². The third kappa shape index (κ3) is 5.27. The predicted octanol–water partition coefficient (Wildman–Crippen LogP) is 8.05. The molecule has 0 unspecified atom stereocenters. The van der Waals surface area contributed by atoms with Gasteiger partial charge in [0.1, 0.15) is 12.4 Å². The molecule has 0 aliphatic rings. The molecule has 0 amide bonds. The Morgan fingerprint density at radius 2 is 1.54 bits per heavy atom. The number of para-hydroxylation sites is 1. The van der Waals surface area contributed by atoms with E-state index >= 15 is 0 Å².